The van der Waals surface area contributed by atoms with Crippen molar-refractivity contribution in [3.8, 4) is 0 Å². The van der Waals surface area contributed by atoms with Gasteiger partial charge in [-0.2, -0.15) is 0 Å². The van der Waals surface area contributed by atoms with Crippen molar-refractivity contribution in [1.82, 2.24) is 0 Å². The van der Waals surface area contributed by atoms with Gasteiger partial charge in [-0.15, -0.1) is 0 Å². The average molecular weight is 164 g/mol. The van der Waals surface area contributed by atoms with E-state index >= 15 is 0 Å². The van der Waals surface area contributed by atoms with Crippen molar-refractivity contribution < 1.29 is 0 Å². The van der Waals surface area contributed by atoms with Crippen molar-refractivity contribution in [2.75, 3.05) is 13.1 Å². The Morgan fingerprint density at radius 3 is 1.50 bits per heavy atom. The molecule has 0 unspecified atom stereocenters. The molecule has 0 saturated carbocycles. The maximum atomic E-state index is 4.54. The molecule has 2 aliphatic heterocycles. The highest BCUT2D eigenvalue weighted by atomic mass is 14.8. The van der Waals surface area contributed by atoms with E-state index in [1.807, 2.05) is 0 Å². The molecule has 0 N–H and O–H groups in total. The quantitative estimate of drug-likeness (QED) is 0.568. The molecule has 66 valence electrons. The van der Waals surface area contributed by atoms with E-state index in [-0.39, 0.29) is 0 Å². The lowest BCUT2D eigenvalue weighted by Crippen LogP contribution is -2.20. The number of nitrogens with zero attached hydrogens (tertiary/aromatic N) is 2. The van der Waals surface area contributed by atoms with Gasteiger partial charge in [0.05, 0.1) is 11.4 Å². The number of rotatable bonds is 1. The van der Waals surface area contributed by atoms with E-state index in [2.05, 4.69) is 9.98 Å². The van der Waals surface area contributed by atoms with Crippen molar-refractivity contribution in [2.24, 2.45) is 9.98 Å². The summed E-state index contributed by atoms with van der Waals surface area (Å²) in [6, 6.07) is 0. The molecule has 0 radical (unpaired) electrons. The summed E-state index contributed by atoms with van der Waals surface area (Å²) in [7, 11) is 0. The van der Waals surface area contributed by atoms with Gasteiger partial charge in [-0.05, 0) is 38.5 Å². The summed E-state index contributed by atoms with van der Waals surface area (Å²) >= 11 is 0. The molecule has 2 nitrogen and oxygen atoms in total. The number of hydrogen-bond acceptors (Lipinski definition) is 2. The molecule has 0 bridgehead atoms. The summed E-state index contributed by atoms with van der Waals surface area (Å²) in [5, 5.41) is 0. The molecular formula is C10H16N2. The molecular weight excluding hydrogens is 148 g/mol. The summed E-state index contributed by atoms with van der Waals surface area (Å²) in [6.45, 7) is 2.07. The van der Waals surface area contributed by atoms with Gasteiger partial charge < -0.3 is 0 Å². The van der Waals surface area contributed by atoms with Gasteiger partial charge in [0.2, 0.25) is 0 Å². The lowest BCUT2D eigenvalue weighted by atomic mass is 9.99. The highest BCUT2D eigenvalue weighted by Crippen LogP contribution is 2.13. The first kappa shape index (κ1) is 7.96. The van der Waals surface area contributed by atoms with Crippen LogP contribution in [0.2, 0.25) is 0 Å². The van der Waals surface area contributed by atoms with Crippen LogP contribution < -0.4 is 0 Å². The lowest BCUT2D eigenvalue weighted by molar-refractivity contribution is 0.722. The van der Waals surface area contributed by atoms with Gasteiger partial charge >= 0.3 is 0 Å². The molecule has 0 aromatic rings. The minimum atomic E-state index is 1.04. The standard InChI is InChI=1S/C10H16N2/c1-3-7-11-9(5-1)10-6-2-4-8-12-10/h1-8H2. The maximum absolute atomic E-state index is 4.54. The van der Waals surface area contributed by atoms with Crippen LogP contribution in [0.15, 0.2) is 9.98 Å². The van der Waals surface area contributed by atoms with E-state index in [1.54, 1.807) is 0 Å². The molecule has 0 amide bonds. The van der Waals surface area contributed by atoms with Gasteiger partial charge in [0.1, 0.15) is 0 Å². The van der Waals surface area contributed by atoms with Crippen LogP contribution in [0, 0.1) is 0 Å². The summed E-state index contributed by atoms with van der Waals surface area (Å²) in [6.07, 6.45) is 7.54. The maximum Gasteiger partial charge on any atom is 0.0558 e. The Morgan fingerprint density at radius 2 is 1.17 bits per heavy atom. The zero-order chi connectivity index (χ0) is 8.23. The van der Waals surface area contributed by atoms with Gasteiger partial charge in [0.15, 0.2) is 0 Å². The number of aliphatic imine (C=N–C) groups is 2. The van der Waals surface area contributed by atoms with Gasteiger partial charge in [0, 0.05) is 13.1 Å². The summed E-state index contributed by atoms with van der Waals surface area (Å²) in [4.78, 5) is 9.08. The Kier molecular flexibility index (Phi) is 2.54. The van der Waals surface area contributed by atoms with Crippen LogP contribution >= 0.6 is 0 Å². The third-order valence-electron chi connectivity index (χ3n) is 2.58. The topological polar surface area (TPSA) is 24.7 Å². The predicted octanol–water partition coefficient (Wildman–Crippen LogP) is 2.24. The van der Waals surface area contributed by atoms with Crippen molar-refractivity contribution in [1.29, 1.82) is 0 Å². The Balaban J connectivity index is 2.06. The molecule has 0 fully saturated rings. The first-order valence-electron chi connectivity index (χ1n) is 5.04. The summed E-state index contributed by atoms with van der Waals surface area (Å²) < 4.78 is 0. The molecule has 0 atom stereocenters. The fourth-order valence-corrected chi connectivity index (χ4v) is 1.87. The Labute approximate surface area is 73.8 Å². The first-order chi connectivity index (χ1) is 5.97. The van der Waals surface area contributed by atoms with E-state index in [0.29, 0.717) is 0 Å². The smallest absolute Gasteiger partial charge is 0.0558 e. The normalized spacial score (nSPS) is 24.7. The molecule has 0 aliphatic carbocycles. The van der Waals surface area contributed by atoms with Gasteiger partial charge in [-0.25, -0.2) is 0 Å². The van der Waals surface area contributed by atoms with Crippen LogP contribution in [-0.4, -0.2) is 24.5 Å². The molecule has 0 saturated heterocycles. The molecule has 0 aromatic heterocycles. The van der Waals surface area contributed by atoms with Crippen molar-refractivity contribution in [3.63, 3.8) is 0 Å². The molecule has 2 rings (SSSR count). The van der Waals surface area contributed by atoms with Crippen molar-refractivity contribution >= 4 is 11.4 Å². The van der Waals surface area contributed by atoms with E-state index in [0.717, 1.165) is 13.1 Å². The predicted molar refractivity (Wildman–Crippen MR) is 52.3 cm³/mol. The average Bonchev–Trinajstić information content (AvgIpc) is 2.21. The van der Waals surface area contributed by atoms with Crippen LogP contribution in [0.25, 0.3) is 0 Å². The second-order valence-corrected chi connectivity index (χ2v) is 3.57. The van der Waals surface area contributed by atoms with Gasteiger partial charge in [-0.1, -0.05) is 0 Å². The van der Waals surface area contributed by atoms with E-state index in [4.69, 9.17) is 0 Å². The Bertz CT molecular complexity index is 192. The molecule has 2 aliphatic rings. The van der Waals surface area contributed by atoms with Crippen molar-refractivity contribution in [2.45, 2.75) is 38.5 Å². The Hall–Kier alpha value is -0.660. The second-order valence-electron chi connectivity index (χ2n) is 3.57. The van der Waals surface area contributed by atoms with E-state index in [9.17, 15) is 0 Å². The summed E-state index contributed by atoms with van der Waals surface area (Å²) in [5.41, 5.74) is 2.64. The highest BCUT2D eigenvalue weighted by molar-refractivity contribution is 6.42. The number of hydrogen-bond donors (Lipinski definition) is 0. The second kappa shape index (κ2) is 3.83. The molecule has 2 heteroatoms. The van der Waals surface area contributed by atoms with Crippen LogP contribution in [0.1, 0.15) is 38.5 Å². The van der Waals surface area contributed by atoms with Crippen LogP contribution in [0.5, 0.6) is 0 Å². The van der Waals surface area contributed by atoms with Crippen LogP contribution in [0.3, 0.4) is 0 Å². The zero-order valence-electron chi connectivity index (χ0n) is 7.55. The van der Waals surface area contributed by atoms with E-state index in [1.165, 1.54) is 49.9 Å². The fourth-order valence-electron chi connectivity index (χ4n) is 1.87. The third kappa shape index (κ3) is 1.74. The fraction of sp³-hybridized carbons (Fsp3) is 0.800. The molecule has 2 heterocycles. The monoisotopic (exact) mass is 164 g/mol. The minimum Gasteiger partial charge on any atom is -0.288 e. The van der Waals surface area contributed by atoms with Gasteiger partial charge in [0.25, 0.3) is 0 Å². The van der Waals surface area contributed by atoms with Gasteiger partial charge in [-0.3, -0.25) is 9.98 Å². The highest BCUT2D eigenvalue weighted by Gasteiger charge is 2.13. The Morgan fingerprint density at radius 1 is 0.667 bits per heavy atom. The van der Waals surface area contributed by atoms with Crippen molar-refractivity contribution in [3.05, 3.63) is 0 Å². The largest absolute Gasteiger partial charge is 0.288 e. The SMILES string of the molecule is C1CCC(C2=NCCCC2)=NC1. The minimum absolute atomic E-state index is 1.04. The molecule has 0 aromatic carbocycles. The van der Waals surface area contributed by atoms with Crippen LogP contribution in [0.4, 0.5) is 0 Å². The summed E-state index contributed by atoms with van der Waals surface area (Å²) in [5.74, 6) is 0. The zero-order valence-corrected chi connectivity index (χ0v) is 7.55. The molecule has 0 spiro atoms. The van der Waals surface area contributed by atoms with Crippen LogP contribution in [-0.2, 0) is 0 Å². The third-order valence-corrected chi connectivity index (χ3v) is 2.58. The lowest BCUT2D eigenvalue weighted by Gasteiger charge is -2.16. The van der Waals surface area contributed by atoms with E-state index < -0.39 is 0 Å². The molecule has 12 heavy (non-hydrogen) atoms. The first-order valence-corrected chi connectivity index (χ1v) is 5.04.